The third-order valence-electron chi connectivity index (χ3n) is 6.00. The Morgan fingerprint density at radius 1 is 1.06 bits per heavy atom. The molecule has 3 heterocycles. The lowest BCUT2D eigenvalue weighted by molar-refractivity contribution is -0.174. The first-order valence-corrected chi connectivity index (χ1v) is 11.7. The zero-order valence-electron chi connectivity index (χ0n) is 17.0. The van der Waals surface area contributed by atoms with Crippen molar-refractivity contribution in [3.63, 3.8) is 0 Å². The van der Waals surface area contributed by atoms with Crippen LogP contribution < -0.4 is 9.47 Å². The number of hydrogen-bond acceptors (Lipinski definition) is 5. The molecule has 160 valence electrons. The summed E-state index contributed by atoms with van der Waals surface area (Å²) in [5.74, 6) is 0.125. The molecule has 2 aliphatic heterocycles. The first-order valence-electron chi connectivity index (χ1n) is 10.5. The Kier molecular flexibility index (Phi) is 4.63. The van der Waals surface area contributed by atoms with Crippen molar-refractivity contribution in [1.82, 2.24) is 0 Å². The normalized spacial score (nSPS) is 20.6. The summed E-state index contributed by atoms with van der Waals surface area (Å²) >= 11 is 7.99. The summed E-state index contributed by atoms with van der Waals surface area (Å²) in [6.07, 6.45) is 0.556. The molecule has 6 rings (SSSR count). The van der Waals surface area contributed by atoms with Gasteiger partial charge in [0.2, 0.25) is 0 Å². The van der Waals surface area contributed by atoms with Gasteiger partial charge in [0.05, 0.1) is 4.88 Å². The van der Waals surface area contributed by atoms with Gasteiger partial charge in [-0.2, -0.15) is 0 Å². The molecule has 2 bridgehead atoms. The second kappa shape index (κ2) is 7.54. The molecule has 0 unspecified atom stereocenters. The predicted octanol–water partition coefficient (Wildman–Crippen LogP) is 6.69. The Morgan fingerprint density at radius 2 is 1.88 bits per heavy atom. The molecule has 6 heteroatoms. The number of para-hydroxylation sites is 1. The van der Waals surface area contributed by atoms with Gasteiger partial charge in [-0.15, -0.1) is 11.3 Å². The Morgan fingerprint density at radius 3 is 2.75 bits per heavy atom. The molecular weight excluding hydrogens is 444 g/mol. The minimum Gasteiger partial charge on any atom is -0.461 e. The lowest BCUT2D eigenvalue weighted by Gasteiger charge is -2.44. The maximum absolute atomic E-state index is 12.9. The van der Waals surface area contributed by atoms with Crippen molar-refractivity contribution in [2.75, 3.05) is 0 Å². The van der Waals surface area contributed by atoms with Crippen LogP contribution in [-0.2, 0) is 16.1 Å². The molecule has 0 fully saturated rings. The van der Waals surface area contributed by atoms with Crippen LogP contribution in [0, 0.1) is 0 Å². The molecule has 3 aromatic carbocycles. The second-order valence-electron chi connectivity index (χ2n) is 8.17. The fraction of sp³-hybridized carbons (Fsp3) is 0.192. The average molecular weight is 463 g/mol. The molecule has 0 saturated carbocycles. The summed E-state index contributed by atoms with van der Waals surface area (Å²) in [6.45, 7) is 0.220. The van der Waals surface area contributed by atoms with Crippen molar-refractivity contribution in [2.45, 2.75) is 31.2 Å². The van der Waals surface area contributed by atoms with Crippen LogP contribution in [-0.4, -0.2) is 11.8 Å². The monoisotopic (exact) mass is 462 g/mol. The van der Waals surface area contributed by atoms with Crippen LogP contribution in [0.3, 0.4) is 0 Å². The largest absolute Gasteiger partial charge is 0.461 e. The highest BCUT2D eigenvalue weighted by Crippen LogP contribution is 2.57. The van der Waals surface area contributed by atoms with E-state index in [-0.39, 0.29) is 24.9 Å². The van der Waals surface area contributed by atoms with Gasteiger partial charge in [-0.3, -0.25) is 4.79 Å². The van der Waals surface area contributed by atoms with E-state index in [4.69, 9.17) is 25.8 Å². The number of fused-ring (bicyclic) bond motifs is 8. The fourth-order valence-electron chi connectivity index (χ4n) is 4.56. The molecule has 0 N–H and O–H groups in total. The zero-order chi connectivity index (χ0) is 21.7. The minimum atomic E-state index is -1.11. The van der Waals surface area contributed by atoms with Gasteiger partial charge >= 0.3 is 5.97 Å². The summed E-state index contributed by atoms with van der Waals surface area (Å²) in [5.41, 5.74) is 2.06. The van der Waals surface area contributed by atoms with Gasteiger partial charge in [-0.1, -0.05) is 60.1 Å². The highest BCUT2D eigenvalue weighted by molar-refractivity contribution is 7.19. The molecule has 2 atom stereocenters. The third kappa shape index (κ3) is 3.33. The van der Waals surface area contributed by atoms with Crippen LogP contribution in [0.5, 0.6) is 11.5 Å². The van der Waals surface area contributed by atoms with Crippen LogP contribution in [0.25, 0.3) is 10.1 Å². The van der Waals surface area contributed by atoms with Crippen molar-refractivity contribution in [3.05, 3.63) is 93.8 Å². The molecule has 0 spiro atoms. The molecule has 1 aromatic heterocycles. The Balaban J connectivity index is 1.37. The number of ether oxygens (including phenoxy) is 3. The number of rotatable bonds is 4. The van der Waals surface area contributed by atoms with E-state index in [0.717, 1.165) is 37.6 Å². The summed E-state index contributed by atoms with van der Waals surface area (Å²) in [5, 5.41) is 1.60. The predicted molar refractivity (Wildman–Crippen MR) is 125 cm³/mol. The van der Waals surface area contributed by atoms with Gasteiger partial charge in [0.1, 0.15) is 24.5 Å². The van der Waals surface area contributed by atoms with Crippen LogP contribution in [0.4, 0.5) is 0 Å². The minimum absolute atomic E-state index is 0.00200. The van der Waals surface area contributed by atoms with E-state index in [1.54, 1.807) is 11.3 Å². The van der Waals surface area contributed by atoms with Gasteiger partial charge in [-0.05, 0) is 29.8 Å². The van der Waals surface area contributed by atoms with Crippen LogP contribution in [0.1, 0.15) is 34.8 Å². The molecule has 0 aliphatic carbocycles. The Bertz CT molecular complexity index is 1330. The fourth-order valence-corrected chi connectivity index (χ4v) is 5.96. The van der Waals surface area contributed by atoms with Gasteiger partial charge in [0.25, 0.3) is 5.79 Å². The van der Waals surface area contributed by atoms with Gasteiger partial charge in [0, 0.05) is 33.0 Å². The van der Waals surface area contributed by atoms with Crippen LogP contribution >= 0.6 is 22.9 Å². The van der Waals surface area contributed by atoms with E-state index in [1.165, 1.54) is 0 Å². The van der Waals surface area contributed by atoms with Crippen molar-refractivity contribution in [2.24, 2.45) is 0 Å². The molecule has 0 radical (unpaired) electrons. The van der Waals surface area contributed by atoms with E-state index >= 15 is 0 Å². The lowest BCUT2D eigenvalue weighted by Crippen LogP contribution is -2.50. The second-order valence-corrected chi connectivity index (χ2v) is 9.69. The van der Waals surface area contributed by atoms with E-state index in [0.29, 0.717) is 11.4 Å². The first-order chi connectivity index (χ1) is 15.6. The van der Waals surface area contributed by atoms with E-state index in [9.17, 15) is 4.79 Å². The van der Waals surface area contributed by atoms with Crippen molar-refractivity contribution in [1.29, 1.82) is 0 Å². The molecule has 4 aromatic rings. The number of thiophene rings is 1. The molecule has 2 aliphatic rings. The number of carbonyl (C=O) groups is 1. The molecule has 0 saturated heterocycles. The Hall–Kier alpha value is -3.02. The van der Waals surface area contributed by atoms with Gasteiger partial charge < -0.3 is 14.2 Å². The first kappa shape index (κ1) is 19.6. The molecule has 32 heavy (non-hydrogen) atoms. The number of hydrogen-bond donors (Lipinski definition) is 0. The molecule has 0 amide bonds. The standard InChI is InChI=1S/C26H19ClO4S/c27-17-10-11-22-19(12-17)24-25(32-22)20-13-26(31-24,30-21-9-5-4-8-18(20)21)14-23(28)29-15-16-6-2-1-3-7-16/h1-12,20H,13-15H2/t20-,26-/m1/s1. The highest BCUT2D eigenvalue weighted by Gasteiger charge is 2.51. The van der Waals surface area contributed by atoms with Crippen molar-refractivity contribution >= 4 is 39.0 Å². The Labute approximate surface area is 194 Å². The quantitative estimate of drug-likeness (QED) is 0.317. The van der Waals surface area contributed by atoms with Crippen LogP contribution in [0.15, 0.2) is 72.8 Å². The lowest BCUT2D eigenvalue weighted by atomic mass is 9.83. The van der Waals surface area contributed by atoms with Crippen molar-refractivity contribution in [3.8, 4) is 11.5 Å². The van der Waals surface area contributed by atoms with Crippen molar-refractivity contribution < 1.29 is 19.0 Å². The topological polar surface area (TPSA) is 44.8 Å². The zero-order valence-corrected chi connectivity index (χ0v) is 18.6. The van der Waals surface area contributed by atoms with Gasteiger partial charge in [0.15, 0.2) is 0 Å². The molecule has 4 nitrogen and oxygen atoms in total. The summed E-state index contributed by atoms with van der Waals surface area (Å²) in [6, 6.07) is 23.4. The highest BCUT2D eigenvalue weighted by atomic mass is 35.5. The number of carbonyl (C=O) groups excluding carboxylic acids is 1. The van der Waals surface area contributed by atoms with E-state index in [2.05, 4.69) is 6.07 Å². The van der Waals surface area contributed by atoms with E-state index < -0.39 is 5.79 Å². The maximum atomic E-state index is 12.9. The summed E-state index contributed by atoms with van der Waals surface area (Å²) < 4.78 is 19.5. The SMILES string of the molecule is O=C(C[C@]12C[C@H](c3ccccc3O1)c1sc3ccc(Cl)cc3c1O2)OCc1ccccc1. The smallest absolute Gasteiger partial charge is 0.314 e. The number of esters is 1. The maximum Gasteiger partial charge on any atom is 0.314 e. The summed E-state index contributed by atoms with van der Waals surface area (Å²) in [4.78, 5) is 14.0. The van der Waals surface area contributed by atoms with E-state index in [1.807, 2.05) is 66.7 Å². The third-order valence-corrected chi connectivity index (χ3v) is 7.50. The number of benzene rings is 3. The average Bonchev–Trinajstić information content (AvgIpc) is 3.15. The molecular formula is C26H19ClO4S. The van der Waals surface area contributed by atoms with Crippen LogP contribution in [0.2, 0.25) is 5.02 Å². The summed E-state index contributed by atoms with van der Waals surface area (Å²) in [7, 11) is 0. The van der Waals surface area contributed by atoms with Gasteiger partial charge in [-0.25, -0.2) is 0 Å². The number of halogens is 1.